The van der Waals surface area contributed by atoms with Crippen LogP contribution in [0.15, 0.2) is 78.9 Å². The maximum absolute atomic E-state index is 14.2. The summed E-state index contributed by atoms with van der Waals surface area (Å²) in [5.74, 6) is -4.28. The lowest BCUT2D eigenvalue weighted by atomic mass is 9.84. The Morgan fingerprint density at radius 1 is 0.750 bits per heavy atom. The van der Waals surface area contributed by atoms with Crippen molar-refractivity contribution in [2.45, 2.75) is 102 Å². The number of amides is 5. The van der Waals surface area contributed by atoms with Crippen LogP contribution in [0.4, 0.5) is 0 Å². The van der Waals surface area contributed by atoms with E-state index < -0.39 is 71.8 Å². The van der Waals surface area contributed by atoms with Crippen molar-refractivity contribution in [1.82, 2.24) is 26.6 Å². The first-order valence-corrected chi connectivity index (χ1v) is 19.3. The number of hydrogen-bond acceptors (Lipinski definition) is 9. The molecule has 5 amide bonds. The number of aromatic hydroxyl groups is 2. The number of aliphatic hydroxyl groups is 1. The minimum absolute atomic E-state index is 0.134. The summed E-state index contributed by atoms with van der Waals surface area (Å²) in [5.41, 5.74) is 7.49. The molecule has 10 N–H and O–H groups in total. The van der Waals surface area contributed by atoms with Gasteiger partial charge < -0.3 is 47.6 Å². The maximum Gasteiger partial charge on any atom is 0.255 e. The SMILES string of the molecule is CC(C)[C@H](NC(=O)[C@@H](N)CNC(=O)c1cc(O)ccc1O)C(=O)N[C@@H](CC1CCCCC1)C(=O)N[C@@H](Cc1ccccc1)[C@@H](O)C(=O)N[C@@H](C)c1ccccc1. The van der Waals surface area contributed by atoms with Gasteiger partial charge in [0.05, 0.1) is 17.6 Å². The van der Waals surface area contributed by atoms with Crippen LogP contribution in [0.1, 0.15) is 86.8 Å². The molecule has 0 heterocycles. The van der Waals surface area contributed by atoms with Crippen molar-refractivity contribution in [2.24, 2.45) is 17.6 Å². The first-order valence-electron chi connectivity index (χ1n) is 19.3. The Kier molecular flexibility index (Phi) is 16.2. The molecule has 1 aliphatic rings. The van der Waals surface area contributed by atoms with Crippen molar-refractivity contribution in [3.05, 3.63) is 95.6 Å². The van der Waals surface area contributed by atoms with Crippen LogP contribution in [0.2, 0.25) is 0 Å². The number of hydrogen-bond donors (Lipinski definition) is 9. The van der Waals surface area contributed by atoms with Crippen LogP contribution in [0.3, 0.4) is 0 Å². The molecule has 0 radical (unpaired) electrons. The number of phenols is 2. The molecule has 302 valence electrons. The van der Waals surface area contributed by atoms with E-state index in [9.17, 15) is 39.3 Å². The summed E-state index contributed by atoms with van der Waals surface area (Å²) < 4.78 is 0. The molecule has 0 saturated heterocycles. The first-order chi connectivity index (χ1) is 26.7. The van der Waals surface area contributed by atoms with Gasteiger partial charge >= 0.3 is 0 Å². The molecule has 3 aromatic rings. The number of carbonyl (C=O) groups is 5. The average Bonchev–Trinajstić information content (AvgIpc) is 3.19. The van der Waals surface area contributed by atoms with Gasteiger partial charge in [0, 0.05) is 6.54 Å². The van der Waals surface area contributed by atoms with Crippen molar-refractivity contribution >= 4 is 29.5 Å². The molecule has 56 heavy (non-hydrogen) atoms. The van der Waals surface area contributed by atoms with Gasteiger partial charge in [0.1, 0.15) is 29.6 Å². The van der Waals surface area contributed by atoms with Crippen LogP contribution in [0, 0.1) is 11.8 Å². The standard InChI is InChI=1S/C42H56N6O8/c1-25(2)36(48-39(53)32(43)24-44-38(52)31-23-30(49)19-20-35(31)50)41(55)47-34(22-28-15-9-5-10-16-28)40(54)46-33(21-27-13-7-4-8-14-27)37(51)42(56)45-26(3)29-17-11-6-12-18-29/h4,6-8,11-14,17-20,23,25-26,28,32-34,36-37,49-51H,5,9-10,15-16,21-22,24,43H2,1-3H3,(H,44,52)(H,45,56)(H,46,54)(H,47,55)(H,48,53)/t26-,32-,33-,34-,36-,37+/m0/s1. The van der Waals surface area contributed by atoms with E-state index in [4.69, 9.17) is 5.73 Å². The Morgan fingerprint density at radius 2 is 1.39 bits per heavy atom. The van der Waals surface area contributed by atoms with Crippen LogP contribution in [-0.4, -0.2) is 81.7 Å². The summed E-state index contributed by atoms with van der Waals surface area (Å²) in [6.45, 7) is 4.90. The van der Waals surface area contributed by atoms with Gasteiger partial charge in [-0.1, -0.05) is 107 Å². The van der Waals surface area contributed by atoms with Crippen LogP contribution in [-0.2, 0) is 25.6 Å². The molecule has 4 rings (SSSR count). The predicted octanol–water partition coefficient (Wildman–Crippen LogP) is 2.72. The third kappa shape index (κ3) is 12.8. The summed E-state index contributed by atoms with van der Waals surface area (Å²) in [6.07, 6.45) is 3.64. The average molecular weight is 773 g/mol. The molecule has 3 aromatic carbocycles. The number of nitrogens with two attached hydrogens (primary N) is 1. The van der Waals surface area contributed by atoms with Gasteiger partial charge in [-0.05, 0) is 60.9 Å². The second-order valence-electron chi connectivity index (χ2n) is 14.9. The fourth-order valence-corrected chi connectivity index (χ4v) is 6.84. The van der Waals surface area contributed by atoms with Gasteiger partial charge in [0.2, 0.25) is 17.7 Å². The van der Waals surface area contributed by atoms with E-state index in [1.54, 1.807) is 20.8 Å². The Balaban J connectivity index is 1.48. The van der Waals surface area contributed by atoms with Crippen LogP contribution < -0.4 is 32.3 Å². The van der Waals surface area contributed by atoms with Gasteiger partial charge in [0.25, 0.3) is 11.8 Å². The molecular weight excluding hydrogens is 716 g/mol. The maximum atomic E-state index is 14.2. The molecule has 0 spiro atoms. The summed E-state index contributed by atoms with van der Waals surface area (Å²) in [4.78, 5) is 67.3. The number of phenolic OH excluding ortho intramolecular Hbond substituents is 2. The number of benzene rings is 3. The lowest BCUT2D eigenvalue weighted by Crippen LogP contribution is -2.60. The van der Waals surface area contributed by atoms with E-state index in [0.29, 0.717) is 6.42 Å². The minimum Gasteiger partial charge on any atom is -0.508 e. The number of nitrogens with one attached hydrogen (secondary N) is 5. The second-order valence-corrected chi connectivity index (χ2v) is 14.9. The van der Waals surface area contributed by atoms with Gasteiger partial charge in [-0.15, -0.1) is 0 Å². The van der Waals surface area contributed by atoms with E-state index in [0.717, 1.165) is 55.4 Å². The van der Waals surface area contributed by atoms with E-state index in [1.165, 1.54) is 6.07 Å². The highest BCUT2D eigenvalue weighted by molar-refractivity contribution is 5.98. The van der Waals surface area contributed by atoms with Crippen molar-refractivity contribution in [2.75, 3.05) is 6.54 Å². The monoisotopic (exact) mass is 772 g/mol. The van der Waals surface area contributed by atoms with Crippen LogP contribution >= 0.6 is 0 Å². The zero-order valence-electron chi connectivity index (χ0n) is 32.2. The van der Waals surface area contributed by atoms with Crippen molar-refractivity contribution < 1.29 is 39.3 Å². The third-order valence-corrected chi connectivity index (χ3v) is 10.2. The molecule has 6 atom stereocenters. The smallest absolute Gasteiger partial charge is 0.255 e. The number of rotatable bonds is 18. The first kappa shape index (κ1) is 43.3. The number of aliphatic hydroxyl groups excluding tert-OH is 1. The normalized spacial score (nSPS) is 16.3. The quantitative estimate of drug-likeness (QED) is 0.0865. The molecule has 14 heteroatoms. The van der Waals surface area contributed by atoms with Crippen molar-refractivity contribution in [3.8, 4) is 11.5 Å². The van der Waals surface area contributed by atoms with E-state index in [1.807, 2.05) is 60.7 Å². The van der Waals surface area contributed by atoms with Gasteiger partial charge in [-0.3, -0.25) is 24.0 Å². The van der Waals surface area contributed by atoms with Crippen LogP contribution in [0.25, 0.3) is 0 Å². The number of carbonyl (C=O) groups excluding carboxylic acids is 5. The second kappa shape index (κ2) is 21.0. The van der Waals surface area contributed by atoms with Crippen molar-refractivity contribution in [3.63, 3.8) is 0 Å². The van der Waals surface area contributed by atoms with E-state index >= 15 is 0 Å². The Bertz CT molecular complexity index is 1770. The Labute approximate surface area is 328 Å². The highest BCUT2D eigenvalue weighted by Crippen LogP contribution is 2.28. The lowest BCUT2D eigenvalue weighted by Gasteiger charge is -2.31. The van der Waals surface area contributed by atoms with E-state index in [-0.39, 0.29) is 35.9 Å². The molecule has 1 fully saturated rings. The fourth-order valence-electron chi connectivity index (χ4n) is 6.84. The largest absolute Gasteiger partial charge is 0.508 e. The third-order valence-electron chi connectivity index (χ3n) is 10.2. The lowest BCUT2D eigenvalue weighted by molar-refractivity contribution is -0.135. The van der Waals surface area contributed by atoms with E-state index in [2.05, 4.69) is 26.6 Å². The predicted molar refractivity (Wildman–Crippen MR) is 211 cm³/mol. The molecule has 0 bridgehead atoms. The fraction of sp³-hybridized carbons (Fsp3) is 0.452. The molecule has 0 aliphatic heterocycles. The molecule has 0 unspecified atom stereocenters. The molecule has 1 aliphatic carbocycles. The van der Waals surface area contributed by atoms with Crippen molar-refractivity contribution in [1.29, 1.82) is 0 Å². The summed E-state index contributed by atoms with van der Waals surface area (Å²) in [5, 5.41) is 44.8. The van der Waals surface area contributed by atoms with Gasteiger partial charge in [-0.25, -0.2) is 0 Å². The molecule has 14 nitrogen and oxygen atoms in total. The van der Waals surface area contributed by atoms with Crippen LogP contribution in [0.5, 0.6) is 11.5 Å². The molecular formula is C42H56N6O8. The Morgan fingerprint density at radius 3 is 2.04 bits per heavy atom. The molecule has 1 saturated carbocycles. The molecule has 0 aromatic heterocycles. The summed E-state index contributed by atoms with van der Waals surface area (Å²) in [7, 11) is 0. The zero-order chi connectivity index (χ0) is 40.8. The minimum atomic E-state index is -1.63. The summed E-state index contributed by atoms with van der Waals surface area (Å²) in [6, 6.07) is 17.0. The van der Waals surface area contributed by atoms with Gasteiger partial charge in [-0.2, -0.15) is 0 Å². The zero-order valence-corrected chi connectivity index (χ0v) is 32.2. The van der Waals surface area contributed by atoms with Gasteiger partial charge in [0.15, 0.2) is 6.10 Å². The Hall–Kier alpha value is -5.47. The highest BCUT2D eigenvalue weighted by atomic mass is 16.3. The summed E-state index contributed by atoms with van der Waals surface area (Å²) >= 11 is 0. The highest BCUT2D eigenvalue weighted by Gasteiger charge is 2.35. The topological polar surface area (TPSA) is 232 Å².